The van der Waals surface area contributed by atoms with Crippen LogP contribution in [0.5, 0.6) is 5.75 Å². The van der Waals surface area contributed by atoms with Crippen molar-refractivity contribution in [3.8, 4) is 5.75 Å². The molecule has 0 heterocycles. The normalized spacial score (nSPS) is 10.8. The van der Waals surface area contributed by atoms with Gasteiger partial charge >= 0.3 is 29.6 Å². The Morgan fingerprint density at radius 3 is 2.08 bits per heavy atom. The molecule has 0 fully saturated rings. The van der Waals surface area contributed by atoms with Crippen LogP contribution in [-0.4, -0.2) is 0 Å². The molecule has 1 aromatic rings. The maximum Gasteiger partial charge on any atom is 1.00 e. The number of rotatable bonds is 0. The summed E-state index contributed by atoms with van der Waals surface area (Å²) in [5.41, 5.74) is 2.02. The Bertz CT molecular complexity index is 287. The van der Waals surface area contributed by atoms with Gasteiger partial charge in [-0.05, 0) is 12.3 Å². The molecular weight excluding hydrogens is 171 g/mol. The Labute approximate surface area is 102 Å². The van der Waals surface area contributed by atoms with Crippen molar-refractivity contribution in [2.45, 2.75) is 33.1 Å². The molecule has 1 rings (SSSR count). The molecule has 2 heteroatoms. The number of benzene rings is 1. The van der Waals surface area contributed by atoms with E-state index in [9.17, 15) is 5.11 Å². The third kappa shape index (κ3) is 3.34. The van der Waals surface area contributed by atoms with Crippen LogP contribution < -0.4 is 34.7 Å². The molecule has 0 aliphatic heterocycles. The standard InChI is InChI=1S/C11H16O.Na/c1-8-5-6-10(12)9(7-8)11(2,3)4;/h5-7,12H,1-4H3;/q;+1/p-1. The molecule has 0 aromatic heterocycles. The van der Waals surface area contributed by atoms with E-state index in [2.05, 4.69) is 20.8 Å². The SMILES string of the molecule is Cc1ccc([O-])c(C(C)(C)C)c1.[Na+]. The monoisotopic (exact) mass is 186 g/mol. The summed E-state index contributed by atoms with van der Waals surface area (Å²) in [4.78, 5) is 0. The van der Waals surface area contributed by atoms with Crippen LogP contribution in [0.3, 0.4) is 0 Å². The largest absolute Gasteiger partial charge is 1.00 e. The van der Waals surface area contributed by atoms with Gasteiger partial charge in [-0.25, -0.2) is 0 Å². The predicted molar refractivity (Wildman–Crippen MR) is 49.3 cm³/mol. The van der Waals surface area contributed by atoms with Gasteiger partial charge in [0.05, 0.1) is 0 Å². The van der Waals surface area contributed by atoms with Gasteiger partial charge in [0.25, 0.3) is 0 Å². The van der Waals surface area contributed by atoms with Crippen molar-refractivity contribution in [1.82, 2.24) is 0 Å². The first kappa shape index (κ1) is 13.0. The van der Waals surface area contributed by atoms with Gasteiger partial charge in [0, 0.05) is 0 Å². The van der Waals surface area contributed by atoms with Crippen LogP contribution >= 0.6 is 0 Å². The molecular formula is C11H15NaO. The van der Waals surface area contributed by atoms with Crippen LogP contribution in [0.15, 0.2) is 18.2 Å². The fourth-order valence-electron chi connectivity index (χ4n) is 1.23. The molecule has 0 bridgehead atoms. The van der Waals surface area contributed by atoms with E-state index in [1.165, 1.54) is 0 Å². The van der Waals surface area contributed by atoms with Gasteiger partial charge in [-0.15, -0.1) is 5.75 Å². The van der Waals surface area contributed by atoms with Gasteiger partial charge in [0.15, 0.2) is 0 Å². The van der Waals surface area contributed by atoms with Crippen molar-refractivity contribution in [2.75, 3.05) is 0 Å². The second-order valence-corrected chi connectivity index (χ2v) is 4.25. The van der Waals surface area contributed by atoms with Crippen molar-refractivity contribution >= 4 is 0 Å². The first-order valence-electron chi connectivity index (χ1n) is 4.19. The van der Waals surface area contributed by atoms with Crippen molar-refractivity contribution < 1.29 is 34.7 Å². The van der Waals surface area contributed by atoms with E-state index >= 15 is 0 Å². The Morgan fingerprint density at radius 2 is 1.69 bits per heavy atom. The van der Waals surface area contributed by atoms with Gasteiger partial charge < -0.3 is 5.11 Å². The zero-order valence-electron chi connectivity index (χ0n) is 9.14. The second-order valence-electron chi connectivity index (χ2n) is 4.25. The summed E-state index contributed by atoms with van der Waals surface area (Å²) in [5, 5.41) is 11.4. The van der Waals surface area contributed by atoms with Crippen molar-refractivity contribution in [1.29, 1.82) is 0 Å². The van der Waals surface area contributed by atoms with Crippen LogP contribution in [0, 0.1) is 6.92 Å². The molecule has 66 valence electrons. The quantitative estimate of drug-likeness (QED) is 0.495. The number of hydrogen-bond donors (Lipinski definition) is 0. The first-order chi connectivity index (χ1) is 5.41. The Kier molecular flexibility index (Phi) is 4.50. The predicted octanol–water partition coefficient (Wildman–Crippen LogP) is -0.630. The Balaban J connectivity index is 0.00000144. The van der Waals surface area contributed by atoms with E-state index in [-0.39, 0.29) is 40.7 Å². The first-order valence-corrected chi connectivity index (χ1v) is 4.19. The van der Waals surface area contributed by atoms with Gasteiger partial charge in [-0.3, -0.25) is 0 Å². The molecule has 0 saturated heterocycles. The third-order valence-electron chi connectivity index (χ3n) is 1.94. The van der Waals surface area contributed by atoms with Crippen molar-refractivity contribution in [3.05, 3.63) is 29.3 Å². The van der Waals surface area contributed by atoms with E-state index in [0.717, 1.165) is 11.1 Å². The summed E-state index contributed by atoms with van der Waals surface area (Å²) in [6.07, 6.45) is 0. The van der Waals surface area contributed by atoms with Crippen LogP contribution in [0.4, 0.5) is 0 Å². The van der Waals surface area contributed by atoms with Gasteiger partial charge in [-0.2, -0.15) is 0 Å². The van der Waals surface area contributed by atoms with Gasteiger partial charge in [0.1, 0.15) is 0 Å². The average Bonchev–Trinajstić information content (AvgIpc) is 1.92. The fraction of sp³-hybridized carbons (Fsp3) is 0.455. The Morgan fingerprint density at radius 1 is 1.15 bits per heavy atom. The average molecular weight is 186 g/mol. The van der Waals surface area contributed by atoms with Gasteiger partial charge in [-0.1, -0.05) is 50.1 Å². The second kappa shape index (κ2) is 4.50. The molecule has 0 aliphatic carbocycles. The van der Waals surface area contributed by atoms with Crippen molar-refractivity contribution in [3.63, 3.8) is 0 Å². The molecule has 0 N–H and O–H groups in total. The molecule has 1 aromatic carbocycles. The van der Waals surface area contributed by atoms with E-state index in [4.69, 9.17) is 0 Å². The summed E-state index contributed by atoms with van der Waals surface area (Å²) in [6.45, 7) is 8.18. The summed E-state index contributed by atoms with van der Waals surface area (Å²) < 4.78 is 0. The van der Waals surface area contributed by atoms with E-state index in [1.807, 2.05) is 19.1 Å². The van der Waals surface area contributed by atoms with E-state index in [0.29, 0.717) is 0 Å². The minimum absolute atomic E-state index is 0. The molecule has 1 nitrogen and oxygen atoms in total. The summed E-state index contributed by atoms with van der Waals surface area (Å²) in [6, 6.07) is 5.48. The molecule has 0 radical (unpaired) electrons. The summed E-state index contributed by atoms with van der Waals surface area (Å²) >= 11 is 0. The minimum Gasteiger partial charge on any atom is -0.872 e. The molecule has 0 atom stereocenters. The van der Waals surface area contributed by atoms with Crippen LogP contribution in [-0.2, 0) is 5.41 Å². The number of hydrogen-bond acceptors (Lipinski definition) is 1. The molecule has 0 spiro atoms. The van der Waals surface area contributed by atoms with Crippen LogP contribution in [0.1, 0.15) is 31.9 Å². The van der Waals surface area contributed by atoms with Crippen molar-refractivity contribution in [2.24, 2.45) is 0 Å². The fourth-order valence-corrected chi connectivity index (χ4v) is 1.23. The maximum absolute atomic E-state index is 11.4. The Hall–Kier alpha value is 0.0200. The molecule has 0 saturated carbocycles. The third-order valence-corrected chi connectivity index (χ3v) is 1.94. The molecule has 0 aliphatic rings. The summed E-state index contributed by atoms with van der Waals surface area (Å²) in [7, 11) is 0. The zero-order valence-corrected chi connectivity index (χ0v) is 11.1. The molecule has 13 heavy (non-hydrogen) atoms. The zero-order chi connectivity index (χ0) is 9.35. The molecule has 0 amide bonds. The topological polar surface area (TPSA) is 23.1 Å². The van der Waals surface area contributed by atoms with E-state index < -0.39 is 0 Å². The van der Waals surface area contributed by atoms with Crippen LogP contribution in [0.25, 0.3) is 0 Å². The van der Waals surface area contributed by atoms with Crippen LogP contribution in [0.2, 0.25) is 0 Å². The maximum atomic E-state index is 11.4. The van der Waals surface area contributed by atoms with E-state index in [1.54, 1.807) is 6.07 Å². The van der Waals surface area contributed by atoms with Gasteiger partial charge in [0.2, 0.25) is 0 Å². The number of aryl methyl sites for hydroxylation is 1. The molecule has 0 unspecified atom stereocenters. The smallest absolute Gasteiger partial charge is 0.872 e. The summed E-state index contributed by atoms with van der Waals surface area (Å²) in [5.74, 6) is 0.146. The minimum atomic E-state index is -0.0386.